The molecule has 22 heavy (non-hydrogen) atoms. The monoisotopic (exact) mass is 343 g/mol. The molecule has 0 saturated carbocycles. The van der Waals surface area contributed by atoms with Crippen molar-refractivity contribution in [1.82, 2.24) is 4.31 Å². The van der Waals surface area contributed by atoms with Crippen LogP contribution in [-0.4, -0.2) is 24.6 Å². The van der Waals surface area contributed by atoms with Gasteiger partial charge in [0.2, 0.25) is 0 Å². The Morgan fingerprint density at radius 1 is 1.14 bits per heavy atom. The highest BCUT2D eigenvalue weighted by Crippen LogP contribution is 2.39. The number of carbonyl (C=O) groups excluding carboxylic acids is 1. The van der Waals surface area contributed by atoms with Crippen molar-refractivity contribution in [2.24, 2.45) is 5.41 Å². The minimum atomic E-state index is -3.79. The molecule has 1 aliphatic heterocycles. The molecule has 0 bridgehead atoms. The summed E-state index contributed by atoms with van der Waals surface area (Å²) in [6, 6.07) is 4.66. The summed E-state index contributed by atoms with van der Waals surface area (Å²) in [7, 11) is -3.79. The largest absolute Gasteiger partial charge is 0.270 e. The number of hydrogen-bond donors (Lipinski definition) is 0. The van der Waals surface area contributed by atoms with Crippen LogP contribution in [0.15, 0.2) is 23.1 Å². The zero-order valence-corrected chi connectivity index (χ0v) is 15.2. The van der Waals surface area contributed by atoms with E-state index in [0.29, 0.717) is 4.31 Å². The molecule has 1 aromatic rings. The molecular formula is C16H22ClNO3S. The molecule has 0 spiro atoms. The summed E-state index contributed by atoms with van der Waals surface area (Å²) >= 11 is 5.62. The van der Waals surface area contributed by atoms with Crippen molar-refractivity contribution in [2.75, 3.05) is 6.00 Å². The average molecular weight is 344 g/mol. The van der Waals surface area contributed by atoms with E-state index in [0.717, 1.165) is 12.0 Å². The average Bonchev–Trinajstić information content (AvgIpc) is 2.53. The van der Waals surface area contributed by atoms with E-state index in [1.807, 2.05) is 0 Å². The second kappa shape index (κ2) is 5.24. The van der Waals surface area contributed by atoms with Crippen LogP contribution in [0.4, 0.5) is 0 Å². The van der Waals surface area contributed by atoms with E-state index in [1.165, 1.54) is 6.07 Å². The van der Waals surface area contributed by atoms with Crippen LogP contribution in [0, 0.1) is 5.41 Å². The zero-order valence-electron chi connectivity index (χ0n) is 13.6. The highest BCUT2D eigenvalue weighted by atomic mass is 35.5. The van der Waals surface area contributed by atoms with E-state index < -0.39 is 15.9 Å². The molecule has 4 nitrogen and oxygen atoms in total. The summed E-state index contributed by atoms with van der Waals surface area (Å²) in [5.74, 6) is -0.543. The molecule has 0 aromatic heterocycles. The Morgan fingerprint density at radius 3 is 2.23 bits per heavy atom. The number of rotatable bonds is 3. The Bertz CT molecular complexity index is 717. The number of sulfonamides is 1. The summed E-state index contributed by atoms with van der Waals surface area (Å²) in [4.78, 5) is 12.3. The van der Waals surface area contributed by atoms with Gasteiger partial charge in [-0.15, -0.1) is 11.6 Å². The quantitative estimate of drug-likeness (QED) is 0.620. The van der Waals surface area contributed by atoms with Gasteiger partial charge in [-0.25, -0.2) is 12.7 Å². The molecule has 0 aliphatic carbocycles. The van der Waals surface area contributed by atoms with E-state index in [-0.39, 0.29) is 27.3 Å². The lowest BCUT2D eigenvalue weighted by Gasteiger charge is -2.33. The predicted molar refractivity (Wildman–Crippen MR) is 87.6 cm³/mol. The van der Waals surface area contributed by atoms with Crippen molar-refractivity contribution in [3.8, 4) is 0 Å². The number of carbonyl (C=O) groups is 1. The maximum Gasteiger partial charge on any atom is 0.270 e. The Kier molecular flexibility index (Phi) is 4.11. The van der Waals surface area contributed by atoms with Crippen molar-refractivity contribution in [3.05, 3.63) is 29.3 Å². The third-order valence-electron chi connectivity index (χ3n) is 3.87. The first-order valence-electron chi connectivity index (χ1n) is 7.18. The summed E-state index contributed by atoms with van der Waals surface area (Å²) in [6.45, 7) is 10.7. The van der Waals surface area contributed by atoms with Crippen molar-refractivity contribution in [2.45, 2.75) is 51.3 Å². The third kappa shape index (κ3) is 2.88. The molecule has 1 heterocycles. The van der Waals surface area contributed by atoms with Crippen LogP contribution < -0.4 is 0 Å². The second-order valence-electron chi connectivity index (χ2n) is 7.61. The van der Waals surface area contributed by atoms with Crippen LogP contribution in [0.1, 0.15) is 57.0 Å². The van der Waals surface area contributed by atoms with Gasteiger partial charge in [-0.1, -0.05) is 40.7 Å². The number of amides is 1. The lowest BCUT2D eigenvalue weighted by molar-refractivity contribution is 0.0886. The lowest BCUT2D eigenvalue weighted by atomic mass is 9.72. The molecule has 0 unspecified atom stereocenters. The molecule has 0 saturated heterocycles. The van der Waals surface area contributed by atoms with Crippen LogP contribution in [0.3, 0.4) is 0 Å². The number of halogens is 1. The van der Waals surface area contributed by atoms with Crippen LogP contribution in [0.25, 0.3) is 0 Å². The van der Waals surface area contributed by atoms with Gasteiger partial charge in [-0.05, 0) is 34.9 Å². The van der Waals surface area contributed by atoms with Crippen molar-refractivity contribution in [1.29, 1.82) is 0 Å². The fraction of sp³-hybridized carbons (Fsp3) is 0.562. The van der Waals surface area contributed by atoms with Gasteiger partial charge in [-0.3, -0.25) is 4.79 Å². The Morgan fingerprint density at radius 2 is 1.73 bits per heavy atom. The van der Waals surface area contributed by atoms with Gasteiger partial charge in [0.15, 0.2) is 0 Å². The minimum Gasteiger partial charge on any atom is -0.268 e. The van der Waals surface area contributed by atoms with Crippen molar-refractivity contribution >= 4 is 27.5 Å². The van der Waals surface area contributed by atoms with Crippen LogP contribution >= 0.6 is 11.6 Å². The van der Waals surface area contributed by atoms with Gasteiger partial charge in [0.1, 0.15) is 10.9 Å². The van der Waals surface area contributed by atoms with Gasteiger partial charge >= 0.3 is 0 Å². The molecule has 6 heteroatoms. The maximum atomic E-state index is 12.3. The molecule has 0 fully saturated rings. The molecule has 0 N–H and O–H groups in total. The lowest BCUT2D eigenvalue weighted by Crippen LogP contribution is -2.28. The predicted octanol–water partition coefficient (Wildman–Crippen LogP) is 3.74. The van der Waals surface area contributed by atoms with Gasteiger partial charge in [0.25, 0.3) is 15.9 Å². The molecule has 0 radical (unpaired) electrons. The fourth-order valence-corrected chi connectivity index (χ4v) is 5.09. The van der Waals surface area contributed by atoms with Crippen molar-refractivity contribution < 1.29 is 13.2 Å². The summed E-state index contributed by atoms with van der Waals surface area (Å²) < 4.78 is 25.2. The zero-order chi connectivity index (χ0) is 16.9. The van der Waals surface area contributed by atoms with Crippen LogP contribution in [0.2, 0.25) is 0 Å². The first-order valence-corrected chi connectivity index (χ1v) is 9.15. The first kappa shape index (κ1) is 17.3. The standard InChI is InChI=1S/C16H22ClNO3S/c1-15(2,3)9-16(4,5)11-6-7-13-12(8-11)14(19)18(10-17)22(13,20)21/h6-8H,9-10H2,1-5H3. The Hall–Kier alpha value is -1.07. The van der Waals surface area contributed by atoms with E-state index in [4.69, 9.17) is 11.6 Å². The fourth-order valence-electron chi connectivity index (χ4n) is 3.25. The molecule has 1 aromatic carbocycles. The number of alkyl halides is 1. The number of nitrogens with zero attached hydrogens (tertiary/aromatic N) is 1. The summed E-state index contributed by atoms with van der Waals surface area (Å²) in [5.41, 5.74) is 1.15. The topological polar surface area (TPSA) is 54.5 Å². The molecule has 0 atom stereocenters. The number of benzene rings is 1. The van der Waals surface area contributed by atoms with E-state index >= 15 is 0 Å². The van der Waals surface area contributed by atoms with Gasteiger partial charge in [0, 0.05) is 0 Å². The SMILES string of the molecule is CC(C)(C)CC(C)(C)c1ccc2c(c1)C(=O)N(CCl)S2(=O)=O. The third-order valence-corrected chi connectivity index (χ3v) is 6.03. The number of hydrogen-bond acceptors (Lipinski definition) is 3. The molecule has 1 aliphatic rings. The number of fused-ring (bicyclic) bond motifs is 1. The van der Waals surface area contributed by atoms with E-state index in [9.17, 15) is 13.2 Å². The highest BCUT2D eigenvalue weighted by molar-refractivity contribution is 7.90. The van der Waals surface area contributed by atoms with E-state index in [1.54, 1.807) is 12.1 Å². The molecule has 122 valence electrons. The second-order valence-corrected chi connectivity index (χ2v) is 9.68. The van der Waals surface area contributed by atoms with Crippen LogP contribution in [-0.2, 0) is 15.4 Å². The van der Waals surface area contributed by atoms with Gasteiger partial charge < -0.3 is 0 Å². The van der Waals surface area contributed by atoms with Gasteiger partial charge in [0.05, 0.1) is 5.56 Å². The summed E-state index contributed by atoms with van der Waals surface area (Å²) in [6.07, 6.45) is 0.916. The highest BCUT2D eigenvalue weighted by Gasteiger charge is 2.41. The van der Waals surface area contributed by atoms with Gasteiger partial charge in [-0.2, -0.15) is 0 Å². The van der Waals surface area contributed by atoms with Crippen molar-refractivity contribution in [3.63, 3.8) is 0 Å². The molecular weight excluding hydrogens is 322 g/mol. The minimum absolute atomic E-state index is 0.0495. The Balaban J connectivity index is 2.52. The van der Waals surface area contributed by atoms with E-state index in [2.05, 4.69) is 34.6 Å². The maximum absolute atomic E-state index is 12.3. The Labute approximate surface area is 137 Å². The summed E-state index contributed by atoms with van der Waals surface area (Å²) in [5, 5.41) is 0. The molecule has 2 rings (SSSR count). The molecule has 1 amide bonds. The smallest absolute Gasteiger partial charge is 0.268 e. The normalized spacial score (nSPS) is 17.7. The van der Waals surface area contributed by atoms with Crippen LogP contribution in [0.5, 0.6) is 0 Å². The first-order chi connectivity index (χ1) is 9.90.